The number of ether oxygens (including phenoxy) is 1. The molecule has 1 unspecified atom stereocenters. The average Bonchev–Trinajstić information content (AvgIpc) is 2.90. The van der Waals surface area contributed by atoms with Crippen LogP contribution in [0.3, 0.4) is 0 Å². The number of anilines is 2. The molecule has 0 fully saturated rings. The quantitative estimate of drug-likeness (QED) is 0.803. The first-order valence-corrected chi connectivity index (χ1v) is 6.65. The average molecular weight is 277 g/mol. The second-order valence-electron chi connectivity index (χ2n) is 4.17. The van der Waals surface area contributed by atoms with Crippen molar-refractivity contribution in [2.24, 2.45) is 0 Å². The molecular formula is C13H19N5O2. The summed E-state index contributed by atoms with van der Waals surface area (Å²) in [5.41, 5.74) is 0.764. The van der Waals surface area contributed by atoms with Gasteiger partial charge < -0.3 is 19.8 Å². The maximum Gasteiger partial charge on any atom is 0.320 e. The molecule has 0 spiro atoms. The van der Waals surface area contributed by atoms with Crippen LogP contribution in [0.25, 0.3) is 0 Å². The summed E-state index contributed by atoms with van der Waals surface area (Å²) in [5.74, 6) is 1.14. The van der Waals surface area contributed by atoms with Crippen LogP contribution in [0.1, 0.15) is 32.7 Å². The molecule has 0 aliphatic rings. The fraction of sp³-hybridized carbons (Fsp3) is 0.462. The van der Waals surface area contributed by atoms with Crippen molar-refractivity contribution >= 4 is 11.7 Å². The van der Waals surface area contributed by atoms with Gasteiger partial charge in [-0.1, -0.05) is 12.0 Å². The van der Waals surface area contributed by atoms with Crippen LogP contribution in [0.2, 0.25) is 0 Å². The van der Waals surface area contributed by atoms with Crippen LogP contribution in [0.15, 0.2) is 22.7 Å². The molecule has 7 heteroatoms. The van der Waals surface area contributed by atoms with Gasteiger partial charge in [-0.3, -0.25) is 0 Å². The Labute approximate surface area is 117 Å². The van der Waals surface area contributed by atoms with Gasteiger partial charge in [0.1, 0.15) is 0 Å². The fourth-order valence-electron chi connectivity index (χ4n) is 1.66. The summed E-state index contributed by atoms with van der Waals surface area (Å²) in [6, 6.07) is 4.00. The van der Waals surface area contributed by atoms with Crippen LogP contribution in [-0.2, 0) is 0 Å². The van der Waals surface area contributed by atoms with E-state index in [0.717, 1.165) is 12.2 Å². The number of pyridine rings is 1. The van der Waals surface area contributed by atoms with Crippen molar-refractivity contribution in [3.05, 3.63) is 24.2 Å². The van der Waals surface area contributed by atoms with Gasteiger partial charge in [-0.2, -0.15) is 0 Å². The number of nitrogens with zero attached hydrogens (tertiary/aromatic N) is 3. The van der Waals surface area contributed by atoms with E-state index < -0.39 is 0 Å². The molecule has 0 radical (unpaired) electrons. The van der Waals surface area contributed by atoms with Gasteiger partial charge in [-0.05, 0) is 26.5 Å². The van der Waals surface area contributed by atoms with Crippen LogP contribution in [-0.4, -0.2) is 28.3 Å². The maximum atomic E-state index is 5.52. The molecule has 0 aromatic carbocycles. The van der Waals surface area contributed by atoms with Crippen LogP contribution in [0.5, 0.6) is 5.88 Å². The summed E-state index contributed by atoms with van der Waals surface area (Å²) in [5, 5.41) is 14.1. The van der Waals surface area contributed by atoms with Crippen LogP contribution in [0.4, 0.5) is 11.7 Å². The second-order valence-corrected chi connectivity index (χ2v) is 4.17. The highest BCUT2D eigenvalue weighted by atomic mass is 16.5. The normalized spacial score (nSPS) is 12.2. The topological polar surface area (TPSA) is 85.1 Å². The molecule has 108 valence electrons. The predicted octanol–water partition coefficient (Wildman–Crippen LogP) is 2.28. The Morgan fingerprint density at radius 2 is 2.15 bits per heavy atom. The van der Waals surface area contributed by atoms with Gasteiger partial charge in [0.05, 0.1) is 24.5 Å². The van der Waals surface area contributed by atoms with Crippen molar-refractivity contribution in [3.63, 3.8) is 0 Å². The van der Waals surface area contributed by atoms with E-state index in [1.54, 1.807) is 12.3 Å². The Kier molecular flexibility index (Phi) is 4.89. The van der Waals surface area contributed by atoms with Gasteiger partial charge in [0.25, 0.3) is 0 Å². The van der Waals surface area contributed by atoms with Crippen LogP contribution < -0.4 is 15.4 Å². The van der Waals surface area contributed by atoms with E-state index in [0.29, 0.717) is 24.4 Å². The lowest BCUT2D eigenvalue weighted by Crippen LogP contribution is -2.17. The van der Waals surface area contributed by atoms with Crippen molar-refractivity contribution in [1.29, 1.82) is 0 Å². The molecule has 2 N–H and O–H groups in total. The molecular weight excluding hydrogens is 258 g/mol. The molecule has 2 aromatic heterocycles. The Morgan fingerprint density at radius 3 is 2.80 bits per heavy atom. The number of rotatable bonds is 7. The third-order valence-corrected chi connectivity index (χ3v) is 2.60. The van der Waals surface area contributed by atoms with E-state index in [4.69, 9.17) is 9.15 Å². The highest BCUT2D eigenvalue weighted by Crippen LogP contribution is 2.19. The standard InChI is InChI=1S/C13H19N5O2/c1-4-14-9(3)12-17-18-13(20-12)16-10-6-7-11(15-8-10)19-5-2/h6-9,14H,4-5H2,1-3H3,(H,16,18). The lowest BCUT2D eigenvalue weighted by Gasteiger charge is -2.06. The van der Waals surface area contributed by atoms with Crippen molar-refractivity contribution in [2.45, 2.75) is 26.8 Å². The van der Waals surface area contributed by atoms with Crippen molar-refractivity contribution < 1.29 is 9.15 Å². The molecule has 0 aliphatic carbocycles. The molecule has 7 nitrogen and oxygen atoms in total. The number of hydrogen-bond acceptors (Lipinski definition) is 7. The van der Waals surface area contributed by atoms with E-state index in [1.165, 1.54) is 0 Å². The fourth-order valence-corrected chi connectivity index (χ4v) is 1.66. The molecule has 0 saturated carbocycles. The zero-order valence-corrected chi connectivity index (χ0v) is 11.9. The zero-order chi connectivity index (χ0) is 14.4. The van der Waals surface area contributed by atoms with Crippen LogP contribution in [0, 0.1) is 0 Å². The van der Waals surface area contributed by atoms with Gasteiger partial charge in [-0.25, -0.2) is 4.98 Å². The molecule has 0 bridgehead atoms. The van der Waals surface area contributed by atoms with E-state index >= 15 is 0 Å². The third kappa shape index (κ3) is 3.67. The van der Waals surface area contributed by atoms with E-state index in [9.17, 15) is 0 Å². The van der Waals surface area contributed by atoms with Gasteiger partial charge in [0.2, 0.25) is 11.8 Å². The molecule has 2 aromatic rings. The summed E-state index contributed by atoms with van der Waals surface area (Å²) in [4.78, 5) is 4.15. The minimum atomic E-state index is 0.0292. The lowest BCUT2D eigenvalue weighted by atomic mass is 10.3. The first-order valence-electron chi connectivity index (χ1n) is 6.65. The lowest BCUT2D eigenvalue weighted by molar-refractivity contribution is 0.327. The molecule has 0 saturated heterocycles. The van der Waals surface area contributed by atoms with E-state index in [-0.39, 0.29) is 6.04 Å². The Balaban J connectivity index is 1.99. The summed E-state index contributed by atoms with van der Waals surface area (Å²) < 4.78 is 10.8. The highest BCUT2D eigenvalue weighted by molar-refractivity contribution is 5.50. The summed E-state index contributed by atoms with van der Waals surface area (Å²) >= 11 is 0. The van der Waals surface area contributed by atoms with Crippen molar-refractivity contribution in [1.82, 2.24) is 20.5 Å². The van der Waals surface area contributed by atoms with E-state index in [2.05, 4.69) is 25.8 Å². The molecule has 0 amide bonds. The molecule has 0 aliphatic heterocycles. The number of hydrogen-bond donors (Lipinski definition) is 2. The molecule has 2 rings (SSSR count). The predicted molar refractivity (Wildman–Crippen MR) is 75.1 cm³/mol. The maximum absolute atomic E-state index is 5.52. The molecule has 2 heterocycles. The van der Waals surface area contributed by atoms with Gasteiger partial charge in [-0.15, -0.1) is 5.10 Å². The third-order valence-electron chi connectivity index (χ3n) is 2.60. The number of nitrogens with one attached hydrogen (secondary N) is 2. The zero-order valence-electron chi connectivity index (χ0n) is 11.9. The van der Waals surface area contributed by atoms with Gasteiger partial charge in [0.15, 0.2) is 0 Å². The van der Waals surface area contributed by atoms with Gasteiger partial charge in [0, 0.05) is 6.07 Å². The SMILES string of the molecule is CCNC(C)c1nnc(Nc2ccc(OCC)nc2)o1. The molecule has 1 atom stereocenters. The smallest absolute Gasteiger partial charge is 0.320 e. The first-order chi connectivity index (χ1) is 9.72. The summed E-state index contributed by atoms with van der Waals surface area (Å²) in [6.45, 7) is 7.35. The van der Waals surface area contributed by atoms with Crippen LogP contribution >= 0.6 is 0 Å². The first kappa shape index (κ1) is 14.3. The Hall–Kier alpha value is -2.15. The monoisotopic (exact) mass is 277 g/mol. The summed E-state index contributed by atoms with van der Waals surface area (Å²) in [7, 11) is 0. The second kappa shape index (κ2) is 6.85. The Morgan fingerprint density at radius 1 is 1.30 bits per heavy atom. The highest BCUT2D eigenvalue weighted by Gasteiger charge is 2.12. The largest absolute Gasteiger partial charge is 0.478 e. The number of aromatic nitrogens is 3. The Bertz CT molecular complexity index is 526. The molecule has 20 heavy (non-hydrogen) atoms. The van der Waals surface area contributed by atoms with Gasteiger partial charge >= 0.3 is 6.01 Å². The van der Waals surface area contributed by atoms with Crippen molar-refractivity contribution in [3.8, 4) is 5.88 Å². The van der Waals surface area contributed by atoms with Crippen molar-refractivity contribution in [2.75, 3.05) is 18.5 Å². The minimum Gasteiger partial charge on any atom is -0.478 e. The summed E-state index contributed by atoms with van der Waals surface area (Å²) in [6.07, 6.45) is 1.66. The van der Waals surface area contributed by atoms with E-state index in [1.807, 2.05) is 26.8 Å². The minimum absolute atomic E-state index is 0.0292.